The zero-order chi connectivity index (χ0) is 10.1. The first kappa shape index (κ1) is 11.3. The van der Waals surface area contributed by atoms with Crippen LogP contribution in [0.5, 0.6) is 0 Å². The molecule has 1 rings (SSSR count). The molecule has 0 bridgehead atoms. The lowest BCUT2D eigenvalue weighted by molar-refractivity contribution is -0.0272. The highest BCUT2D eigenvalue weighted by atomic mass is 32.2. The number of hydrogen-bond acceptors (Lipinski definition) is 3. The van der Waals surface area contributed by atoms with Crippen LogP contribution < -0.4 is 5.73 Å². The average Bonchev–Trinajstić information content (AvgIpc) is 2.03. The summed E-state index contributed by atoms with van der Waals surface area (Å²) in [6.07, 6.45) is 1.69. The van der Waals surface area contributed by atoms with Crippen molar-refractivity contribution >= 4 is 11.8 Å². The molecule has 1 aliphatic rings. The Balaban J connectivity index is 2.67. The Kier molecular flexibility index (Phi) is 3.31. The molecule has 1 fully saturated rings. The molecule has 78 valence electrons. The molecule has 2 nitrogen and oxygen atoms in total. The molecule has 0 aromatic heterocycles. The lowest BCUT2D eigenvalue weighted by Crippen LogP contribution is -2.56. The maximum atomic E-state index is 10.3. The van der Waals surface area contributed by atoms with Gasteiger partial charge in [-0.25, -0.2) is 0 Å². The average molecular weight is 203 g/mol. The lowest BCUT2D eigenvalue weighted by Gasteiger charge is -2.43. The zero-order valence-electron chi connectivity index (χ0n) is 8.84. The summed E-state index contributed by atoms with van der Waals surface area (Å²) in [5, 5.41) is 10.3. The standard InChI is InChI=1S/C10H21NOS/c1-9(2,3)8(11)10(12)4-6-13-7-5-10/h8,12H,4-7,11H2,1-3H3. The van der Waals surface area contributed by atoms with Gasteiger partial charge in [-0.3, -0.25) is 0 Å². The number of thioether (sulfide) groups is 1. The predicted molar refractivity (Wildman–Crippen MR) is 58.9 cm³/mol. The monoisotopic (exact) mass is 203 g/mol. The molecule has 1 aliphatic heterocycles. The van der Waals surface area contributed by atoms with Crippen molar-refractivity contribution in [3.63, 3.8) is 0 Å². The molecule has 0 saturated carbocycles. The molecule has 0 radical (unpaired) electrons. The van der Waals surface area contributed by atoms with Gasteiger partial charge in [-0.2, -0.15) is 11.8 Å². The van der Waals surface area contributed by atoms with Gasteiger partial charge in [0, 0.05) is 6.04 Å². The highest BCUT2D eigenvalue weighted by Gasteiger charge is 2.41. The summed E-state index contributed by atoms with van der Waals surface area (Å²) in [6, 6.07) is -0.110. The first-order valence-corrected chi connectivity index (χ1v) is 6.07. The molecule has 3 heteroatoms. The van der Waals surface area contributed by atoms with Gasteiger partial charge < -0.3 is 10.8 Å². The van der Waals surface area contributed by atoms with Crippen molar-refractivity contribution in [2.24, 2.45) is 11.1 Å². The maximum Gasteiger partial charge on any atom is 0.0818 e. The molecule has 1 heterocycles. The minimum atomic E-state index is -0.622. The molecular formula is C10H21NOS. The van der Waals surface area contributed by atoms with E-state index in [1.165, 1.54) is 0 Å². The Bertz CT molecular complexity index is 170. The molecule has 13 heavy (non-hydrogen) atoms. The number of hydrogen-bond donors (Lipinski definition) is 2. The number of nitrogens with two attached hydrogens (primary N) is 1. The van der Waals surface area contributed by atoms with E-state index in [2.05, 4.69) is 20.8 Å². The minimum Gasteiger partial charge on any atom is -0.388 e. The van der Waals surface area contributed by atoms with Crippen LogP contribution in [0.4, 0.5) is 0 Å². The van der Waals surface area contributed by atoms with E-state index >= 15 is 0 Å². The quantitative estimate of drug-likeness (QED) is 0.681. The topological polar surface area (TPSA) is 46.2 Å². The van der Waals surface area contributed by atoms with Crippen LogP contribution in [-0.4, -0.2) is 28.3 Å². The third kappa shape index (κ3) is 2.61. The third-order valence-electron chi connectivity index (χ3n) is 2.87. The van der Waals surface area contributed by atoms with Crippen LogP contribution in [0.15, 0.2) is 0 Å². The van der Waals surface area contributed by atoms with Gasteiger partial charge in [-0.05, 0) is 29.8 Å². The fraction of sp³-hybridized carbons (Fsp3) is 1.00. The second-order valence-corrected chi connectivity index (χ2v) is 6.28. The van der Waals surface area contributed by atoms with Crippen LogP contribution in [-0.2, 0) is 0 Å². The van der Waals surface area contributed by atoms with Crippen molar-refractivity contribution in [1.29, 1.82) is 0 Å². The molecule has 0 aliphatic carbocycles. The summed E-state index contributed by atoms with van der Waals surface area (Å²) < 4.78 is 0. The van der Waals surface area contributed by atoms with Crippen LogP contribution in [0, 0.1) is 5.41 Å². The summed E-state index contributed by atoms with van der Waals surface area (Å²) in [7, 11) is 0. The lowest BCUT2D eigenvalue weighted by atomic mass is 9.74. The van der Waals surface area contributed by atoms with Crippen molar-refractivity contribution in [2.45, 2.75) is 45.3 Å². The summed E-state index contributed by atoms with van der Waals surface area (Å²) >= 11 is 1.91. The highest BCUT2D eigenvalue weighted by molar-refractivity contribution is 7.99. The van der Waals surface area contributed by atoms with Crippen LogP contribution in [0.3, 0.4) is 0 Å². The van der Waals surface area contributed by atoms with Gasteiger partial charge in [-0.1, -0.05) is 20.8 Å². The summed E-state index contributed by atoms with van der Waals surface area (Å²) in [5.74, 6) is 2.08. The van der Waals surface area contributed by atoms with Crippen molar-refractivity contribution < 1.29 is 5.11 Å². The molecule has 0 aromatic rings. The molecule has 0 spiro atoms. The molecule has 0 amide bonds. The van der Waals surface area contributed by atoms with Crippen LogP contribution in [0.2, 0.25) is 0 Å². The fourth-order valence-corrected chi connectivity index (χ4v) is 3.04. The van der Waals surface area contributed by atoms with E-state index in [0.29, 0.717) is 0 Å². The van der Waals surface area contributed by atoms with E-state index in [1.807, 2.05) is 11.8 Å². The predicted octanol–water partition coefficient (Wildman–Crippen LogP) is 1.62. The van der Waals surface area contributed by atoms with Crippen molar-refractivity contribution in [1.82, 2.24) is 0 Å². The van der Waals surface area contributed by atoms with Crippen LogP contribution in [0.25, 0.3) is 0 Å². The smallest absolute Gasteiger partial charge is 0.0818 e. The van der Waals surface area contributed by atoms with E-state index in [1.54, 1.807) is 0 Å². The Morgan fingerprint density at radius 3 is 2.15 bits per heavy atom. The van der Waals surface area contributed by atoms with Gasteiger partial charge in [-0.15, -0.1) is 0 Å². The largest absolute Gasteiger partial charge is 0.388 e. The van der Waals surface area contributed by atoms with Gasteiger partial charge >= 0.3 is 0 Å². The first-order valence-electron chi connectivity index (χ1n) is 4.92. The first-order chi connectivity index (χ1) is 5.86. The summed E-state index contributed by atoms with van der Waals surface area (Å²) in [4.78, 5) is 0. The second kappa shape index (κ2) is 3.79. The van der Waals surface area contributed by atoms with E-state index < -0.39 is 5.60 Å². The Hall–Kier alpha value is 0.270. The summed E-state index contributed by atoms with van der Waals surface area (Å²) in [5.41, 5.74) is 5.48. The fourth-order valence-electron chi connectivity index (χ4n) is 1.84. The Morgan fingerprint density at radius 1 is 1.31 bits per heavy atom. The van der Waals surface area contributed by atoms with Crippen molar-refractivity contribution in [3.8, 4) is 0 Å². The zero-order valence-corrected chi connectivity index (χ0v) is 9.66. The van der Waals surface area contributed by atoms with E-state index in [4.69, 9.17) is 5.73 Å². The van der Waals surface area contributed by atoms with E-state index in [9.17, 15) is 5.11 Å². The van der Waals surface area contributed by atoms with Gasteiger partial charge in [0.1, 0.15) is 0 Å². The van der Waals surface area contributed by atoms with E-state index in [-0.39, 0.29) is 11.5 Å². The van der Waals surface area contributed by atoms with Crippen molar-refractivity contribution in [3.05, 3.63) is 0 Å². The Morgan fingerprint density at radius 2 is 1.77 bits per heavy atom. The van der Waals surface area contributed by atoms with Crippen LogP contribution >= 0.6 is 11.8 Å². The number of rotatable bonds is 1. The third-order valence-corrected chi connectivity index (χ3v) is 3.86. The minimum absolute atomic E-state index is 0.00322. The maximum absolute atomic E-state index is 10.3. The van der Waals surface area contributed by atoms with Crippen molar-refractivity contribution in [2.75, 3.05) is 11.5 Å². The Labute approximate surface area is 85.3 Å². The molecule has 3 N–H and O–H groups in total. The number of aliphatic hydroxyl groups is 1. The highest BCUT2D eigenvalue weighted by Crippen LogP contribution is 2.35. The molecule has 1 atom stereocenters. The molecule has 1 unspecified atom stereocenters. The van der Waals surface area contributed by atoms with Gasteiger partial charge in [0.25, 0.3) is 0 Å². The van der Waals surface area contributed by atoms with E-state index in [0.717, 1.165) is 24.3 Å². The normalized spacial score (nSPS) is 25.6. The van der Waals surface area contributed by atoms with Gasteiger partial charge in [0.2, 0.25) is 0 Å². The SMILES string of the molecule is CC(C)(C)C(N)C1(O)CCSCC1. The van der Waals surface area contributed by atoms with Gasteiger partial charge in [0.05, 0.1) is 5.60 Å². The molecule has 0 aromatic carbocycles. The molecular weight excluding hydrogens is 182 g/mol. The summed E-state index contributed by atoms with van der Waals surface area (Å²) in [6.45, 7) is 6.28. The van der Waals surface area contributed by atoms with Crippen LogP contribution in [0.1, 0.15) is 33.6 Å². The van der Waals surface area contributed by atoms with Gasteiger partial charge in [0.15, 0.2) is 0 Å². The molecule has 1 saturated heterocycles. The second-order valence-electron chi connectivity index (χ2n) is 5.06.